The fourth-order valence-corrected chi connectivity index (χ4v) is 9.01. The number of aliphatic carboxylic acids is 2. The maximum atomic E-state index is 13.5. The topological polar surface area (TPSA) is 358 Å². The van der Waals surface area contributed by atoms with Crippen molar-refractivity contribution >= 4 is 58.4 Å². The summed E-state index contributed by atoms with van der Waals surface area (Å²) in [6.07, 6.45) is 6.75. The van der Waals surface area contributed by atoms with Crippen molar-refractivity contribution in [2.45, 2.75) is 109 Å². The second-order valence-corrected chi connectivity index (χ2v) is 18.0. The van der Waals surface area contributed by atoms with Gasteiger partial charge < -0.3 is 53.4 Å². The number of amides is 4. The number of unbranched alkanes of at least 4 members (excludes halogenated alkanes) is 2. The number of hydrogen-bond acceptors (Lipinski definition) is 16. The number of fused-ring (bicyclic) bond motifs is 3. The van der Waals surface area contributed by atoms with Gasteiger partial charge in [0.2, 0.25) is 23.6 Å². The fourth-order valence-electron chi connectivity index (χ4n) is 9.01. The third-order valence-electron chi connectivity index (χ3n) is 13.2. The molecular weight excluding hydrogens is 917 g/mol. The van der Waals surface area contributed by atoms with Crippen LogP contribution in [0.4, 0.5) is 11.6 Å². The van der Waals surface area contributed by atoms with Gasteiger partial charge in [-0.3, -0.25) is 19.2 Å². The summed E-state index contributed by atoms with van der Waals surface area (Å²) in [4.78, 5) is 93.4. The lowest BCUT2D eigenvalue weighted by Crippen LogP contribution is -2.52. The lowest BCUT2D eigenvalue weighted by atomic mass is 10.0. The van der Waals surface area contributed by atoms with Gasteiger partial charge in [0, 0.05) is 29.8 Å². The zero-order valence-corrected chi connectivity index (χ0v) is 39.3. The SMILES string of the molecule is C[C@H]1[C@H]2CCc3c(nnn3-c3ccc(C(=O)NCCCC[C@H](NC(=O)CC[C@H](NC(=O)c4ccc(NCc5cnc6nc(N)nc(O)c6n5)cc4)C(=O)O)C(=O)N[C@H](CCCCN)C(=O)O)cc3)CC[C@@H]12. The Bertz CT molecular complexity index is 2720. The normalized spacial score (nSPS) is 17.2. The Balaban J connectivity index is 0.888. The largest absolute Gasteiger partial charge is 0.492 e. The van der Waals surface area contributed by atoms with E-state index < -0.39 is 60.1 Å². The number of hydrogen-bond donors (Lipinski definition) is 10. The van der Waals surface area contributed by atoms with Crippen LogP contribution in [0.25, 0.3) is 16.9 Å². The molecule has 71 heavy (non-hydrogen) atoms. The number of nitrogens with zero attached hydrogens (tertiary/aromatic N) is 7. The molecule has 12 N–H and O–H groups in total. The van der Waals surface area contributed by atoms with Gasteiger partial charge in [-0.25, -0.2) is 24.2 Å². The molecule has 0 bridgehead atoms. The lowest BCUT2D eigenvalue weighted by molar-refractivity contribution is -0.142. The van der Waals surface area contributed by atoms with Crippen LogP contribution in [0.1, 0.15) is 109 Å². The number of carboxylic acid groups (broad SMARTS) is 2. The van der Waals surface area contributed by atoms with Crippen LogP contribution in [0.15, 0.2) is 54.7 Å². The molecule has 6 atom stereocenters. The predicted molar refractivity (Wildman–Crippen MR) is 258 cm³/mol. The minimum absolute atomic E-state index is 0.0752. The summed E-state index contributed by atoms with van der Waals surface area (Å²) in [5.74, 6) is -3.32. The molecule has 2 aromatic carbocycles. The average molecular weight is 977 g/mol. The Kier molecular flexibility index (Phi) is 17.0. The molecule has 376 valence electrons. The average Bonchev–Trinajstić information content (AvgIpc) is 3.76. The van der Waals surface area contributed by atoms with E-state index in [4.69, 9.17) is 11.5 Å². The van der Waals surface area contributed by atoms with E-state index >= 15 is 0 Å². The molecule has 3 heterocycles. The van der Waals surface area contributed by atoms with E-state index in [1.807, 2.05) is 16.8 Å². The highest BCUT2D eigenvalue weighted by Crippen LogP contribution is 2.52. The van der Waals surface area contributed by atoms with Crippen LogP contribution in [0, 0.1) is 17.8 Å². The summed E-state index contributed by atoms with van der Waals surface area (Å²) >= 11 is 0. The van der Waals surface area contributed by atoms with Gasteiger partial charge in [0.25, 0.3) is 11.8 Å². The second-order valence-electron chi connectivity index (χ2n) is 18.0. The van der Waals surface area contributed by atoms with Crippen molar-refractivity contribution in [1.82, 2.24) is 56.2 Å². The van der Waals surface area contributed by atoms with Gasteiger partial charge >= 0.3 is 11.9 Å². The van der Waals surface area contributed by atoms with Crippen molar-refractivity contribution < 1.29 is 44.1 Å². The molecule has 5 aromatic rings. The number of nitrogens with two attached hydrogens (primary N) is 2. The van der Waals surface area contributed by atoms with Gasteiger partial charge in [-0.1, -0.05) is 12.1 Å². The monoisotopic (exact) mass is 976 g/mol. The predicted octanol–water partition coefficient (Wildman–Crippen LogP) is 2.41. The number of aryl methyl sites for hydroxylation is 1. The molecule has 2 aliphatic carbocycles. The first-order chi connectivity index (χ1) is 34.2. The number of aromatic nitrogens is 7. The first-order valence-electron chi connectivity index (χ1n) is 23.9. The molecule has 2 aliphatic rings. The van der Waals surface area contributed by atoms with E-state index in [1.54, 1.807) is 24.3 Å². The van der Waals surface area contributed by atoms with Crippen molar-refractivity contribution in [3.05, 3.63) is 82.9 Å². The van der Waals surface area contributed by atoms with Crippen LogP contribution in [-0.4, -0.2) is 117 Å². The number of aromatic hydroxyl groups is 1. The minimum atomic E-state index is -1.48. The van der Waals surface area contributed by atoms with Gasteiger partial charge in [0.15, 0.2) is 11.2 Å². The highest BCUT2D eigenvalue weighted by molar-refractivity contribution is 5.97. The number of carbonyl (C=O) groups excluding carboxylic acids is 4. The minimum Gasteiger partial charge on any atom is -0.492 e. The summed E-state index contributed by atoms with van der Waals surface area (Å²) in [6, 6.07) is 9.37. The second kappa shape index (κ2) is 23.7. The van der Waals surface area contributed by atoms with Gasteiger partial charge in [-0.05, 0) is 143 Å². The molecule has 3 aromatic heterocycles. The molecular formula is C48H60N14O9. The van der Waals surface area contributed by atoms with E-state index in [-0.39, 0.29) is 60.9 Å². The van der Waals surface area contributed by atoms with Crippen molar-refractivity contribution in [3.63, 3.8) is 0 Å². The Morgan fingerprint density at radius 3 is 2.15 bits per heavy atom. The zero-order chi connectivity index (χ0) is 50.6. The molecule has 1 fully saturated rings. The van der Waals surface area contributed by atoms with Gasteiger partial charge in [0.1, 0.15) is 18.1 Å². The van der Waals surface area contributed by atoms with E-state index in [1.165, 1.54) is 18.3 Å². The molecule has 7 rings (SSSR count). The Morgan fingerprint density at radius 2 is 1.44 bits per heavy atom. The summed E-state index contributed by atoms with van der Waals surface area (Å²) in [5, 5.41) is 52.3. The molecule has 0 spiro atoms. The number of benzene rings is 2. The smallest absolute Gasteiger partial charge is 0.326 e. The molecule has 1 saturated carbocycles. The summed E-state index contributed by atoms with van der Waals surface area (Å²) < 4.78 is 1.87. The van der Waals surface area contributed by atoms with E-state index in [0.29, 0.717) is 49.2 Å². The number of carbonyl (C=O) groups is 6. The molecule has 23 heteroatoms. The number of nitrogen functional groups attached to an aromatic ring is 1. The van der Waals surface area contributed by atoms with Crippen molar-refractivity contribution in [3.8, 4) is 11.6 Å². The number of anilines is 2. The van der Waals surface area contributed by atoms with E-state index in [0.717, 1.165) is 60.5 Å². The zero-order valence-electron chi connectivity index (χ0n) is 39.3. The molecule has 0 saturated heterocycles. The fraction of sp³-hybridized carbons (Fsp3) is 0.458. The highest BCUT2D eigenvalue weighted by Gasteiger charge is 2.46. The summed E-state index contributed by atoms with van der Waals surface area (Å²) in [5.41, 5.74) is 15.9. The summed E-state index contributed by atoms with van der Waals surface area (Å²) in [7, 11) is 0. The van der Waals surface area contributed by atoms with Crippen LogP contribution in [-0.2, 0) is 38.6 Å². The third kappa shape index (κ3) is 13.5. The van der Waals surface area contributed by atoms with Gasteiger partial charge in [-0.2, -0.15) is 9.97 Å². The van der Waals surface area contributed by atoms with Crippen molar-refractivity contribution in [2.24, 2.45) is 23.5 Å². The number of carboxylic acids is 2. The van der Waals surface area contributed by atoms with Crippen LogP contribution in [0.2, 0.25) is 0 Å². The van der Waals surface area contributed by atoms with Crippen LogP contribution in [0.3, 0.4) is 0 Å². The van der Waals surface area contributed by atoms with Crippen LogP contribution in [0.5, 0.6) is 5.88 Å². The van der Waals surface area contributed by atoms with E-state index in [2.05, 4.69) is 63.8 Å². The molecule has 4 amide bonds. The Labute approximate surface area is 408 Å². The maximum absolute atomic E-state index is 13.5. The molecule has 0 aliphatic heterocycles. The van der Waals surface area contributed by atoms with E-state index in [9.17, 15) is 44.1 Å². The standard InChI is InChI=1S/C48H60N14O9/c1-26-32-16-18-34-38(20-17-33(26)32)62(61-60-34)31-14-10-27(11-15-31)42(64)51-23-5-3-6-35(44(66)57-36(46(68)69)7-2-4-22-49)55-39(63)21-19-37(47(70)71)56-43(65)28-8-12-29(13-9-28)52-24-30-25-53-41-40(54-30)45(67)59-48(50)58-41/h8-15,25-26,32-33,35-37,52H,2-7,16-24,49H2,1H3,(H,51,64)(H,55,63)(H,56,65)(H,57,66)(H,68,69)(H,70,71)(H3,50,53,58,59,67)/t26-,32+,33-,35+,36-,37+/m1/s1. The molecule has 0 radical (unpaired) electrons. The lowest BCUT2D eigenvalue weighted by Gasteiger charge is -2.22. The van der Waals surface area contributed by atoms with Crippen molar-refractivity contribution in [1.29, 1.82) is 0 Å². The van der Waals surface area contributed by atoms with Gasteiger partial charge in [-0.15, -0.1) is 5.10 Å². The van der Waals surface area contributed by atoms with Crippen LogP contribution >= 0.6 is 0 Å². The van der Waals surface area contributed by atoms with Crippen molar-refractivity contribution in [2.75, 3.05) is 24.1 Å². The van der Waals surface area contributed by atoms with Gasteiger partial charge in [0.05, 0.1) is 35.5 Å². The first kappa shape index (κ1) is 51.0. The highest BCUT2D eigenvalue weighted by atomic mass is 16.4. The first-order valence-corrected chi connectivity index (χ1v) is 23.9. The number of nitrogens with one attached hydrogen (secondary N) is 5. The van der Waals surface area contributed by atoms with Crippen LogP contribution < -0.4 is 38.1 Å². The number of rotatable bonds is 24. The maximum Gasteiger partial charge on any atom is 0.326 e. The third-order valence-corrected chi connectivity index (χ3v) is 13.2. The quantitative estimate of drug-likeness (QED) is 0.0397. The molecule has 0 unspecified atom stereocenters. The molecule has 23 nitrogen and oxygen atoms in total. The summed E-state index contributed by atoms with van der Waals surface area (Å²) in [6.45, 7) is 3.10. The Hall–Kier alpha value is -7.82. The Morgan fingerprint density at radius 1 is 0.775 bits per heavy atom.